The van der Waals surface area contributed by atoms with Gasteiger partial charge in [-0.15, -0.1) is 0 Å². The van der Waals surface area contributed by atoms with Crippen LogP contribution in [0.5, 0.6) is 5.75 Å². The topological polar surface area (TPSA) is 47.4 Å². The summed E-state index contributed by atoms with van der Waals surface area (Å²) in [5.74, 6) is 0.961. The highest BCUT2D eigenvalue weighted by atomic mass is 16.5. The van der Waals surface area contributed by atoms with Crippen molar-refractivity contribution < 1.29 is 9.53 Å². The molecule has 0 radical (unpaired) electrons. The van der Waals surface area contributed by atoms with Crippen LogP contribution in [-0.4, -0.2) is 40.8 Å². The summed E-state index contributed by atoms with van der Waals surface area (Å²) in [6.45, 7) is 5.15. The van der Waals surface area contributed by atoms with Crippen LogP contribution in [0.2, 0.25) is 0 Å². The molecule has 0 unspecified atom stereocenters. The number of benzene rings is 2. The number of para-hydroxylation sites is 1. The van der Waals surface area contributed by atoms with Crippen LogP contribution in [0.15, 0.2) is 60.9 Å². The van der Waals surface area contributed by atoms with Gasteiger partial charge in [-0.2, -0.15) is 5.10 Å². The third-order valence-electron chi connectivity index (χ3n) is 4.60. The lowest BCUT2D eigenvalue weighted by molar-refractivity contribution is -0.130. The van der Waals surface area contributed by atoms with Crippen LogP contribution in [0.4, 0.5) is 0 Å². The Kier molecular flexibility index (Phi) is 6.48. The molecule has 3 rings (SSSR count). The van der Waals surface area contributed by atoms with E-state index in [2.05, 4.69) is 25.0 Å². The largest absolute Gasteiger partial charge is 0.492 e. The molecule has 0 atom stereocenters. The fourth-order valence-corrected chi connectivity index (χ4v) is 3.09. The number of hydrogen-bond acceptors (Lipinski definition) is 3. The number of ether oxygens (including phenoxy) is 1. The van der Waals surface area contributed by atoms with Gasteiger partial charge in [0.25, 0.3) is 0 Å². The predicted octanol–water partition coefficient (Wildman–Crippen LogP) is 3.96. The second kappa shape index (κ2) is 9.22. The van der Waals surface area contributed by atoms with Crippen LogP contribution in [0.3, 0.4) is 0 Å². The Morgan fingerprint density at radius 2 is 1.82 bits per heavy atom. The summed E-state index contributed by atoms with van der Waals surface area (Å²) in [4.78, 5) is 14.1. The maximum atomic E-state index is 12.4. The summed E-state index contributed by atoms with van der Waals surface area (Å²) in [5, 5.41) is 4.38. The van der Waals surface area contributed by atoms with E-state index in [0.29, 0.717) is 26.0 Å². The van der Waals surface area contributed by atoms with E-state index in [1.165, 1.54) is 11.1 Å². The van der Waals surface area contributed by atoms with Gasteiger partial charge < -0.3 is 9.64 Å². The molecular weight excluding hydrogens is 350 g/mol. The van der Waals surface area contributed by atoms with Gasteiger partial charge in [0.15, 0.2) is 0 Å². The zero-order valence-electron chi connectivity index (χ0n) is 16.8. The molecule has 146 valence electrons. The molecule has 0 saturated carbocycles. The predicted molar refractivity (Wildman–Crippen MR) is 111 cm³/mol. The first kappa shape index (κ1) is 19.7. The first-order valence-corrected chi connectivity index (χ1v) is 9.55. The van der Waals surface area contributed by atoms with E-state index in [1.807, 2.05) is 66.6 Å². The van der Waals surface area contributed by atoms with Gasteiger partial charge in [0.1, 0.15) is 12.4 Å². The number of hydrogen-bond donors (Lipinski definition) is 0. The summed E-state index contributed by atoms with van der Waals surface area (Å²) in [6, 6.07) is 16.1. The highest BCUT2D eigenvalue weighted by Crippen LogP contribution is 2.16. The Morgan fingerprint density at radius 1 is 1.11 bits per heavy atom. The summed E-state index contributed by atoms with van der Waals surface area (Å²) in [7, 11) is 1.82. The van der Waals surface area contributed by atoms with Gasteiger partial charge in [0.05, 0.1) is 18.4 Å². The van der Waals surface area contributed by atoms with E-state index in [4.69, 9.17) is 4.74 Å². The molecule has 0 spiro atoms. The van der Waals surface area contributed by atoms with Gasteiger partial charge >= 0.3 is 0 Å². The monoisotopic (exact) mass is 377 g/mol. The van der Waals surface area contributed by atoms with Crippen LogP contribution in [-0.2, 0) is 11.2 Å². The molecule has 1 heterocycles. The quantitative estimate of drug-likeness (QED) is 0.597. The lowest BCUT2D eigenvalue weighted by Gasteiger charge is -2.17. The first-order valence-electron chi connectivity index (χ1n) is 9.55. The average molecular weight is 377 g/mol. The van der Waals surface area contributed by atoms with Crippen molar-refractivity contribution in [2.24, 2.45) is 0 Å². The van der Waals surface area contributed by atoms with Gasteiger partial charge in [-0.05, 0) is 61.2 Å². The molecule has 28 heavy (non-hydrogen) atoms. The Morgan fingerprint density at radius 3 is 2.54 bits per heavy atom. The molecule has 2 aromatic carbocycles. The standard InChI is InChI=1S/C23H27N3O2/c1-18-13-19(2)15-22(14-18)28-12-11-25(3)23(27)10-9-20-16-24-26(17-20)21-7-5-4-6-8-21/h4-8,13-17H,9-12H2,1-3H3. The molecule has 5 heteroatoms. The van der Waals surface area contributed by atoms with Crippen molar-refractivity contribution in [3.63, 3.8) is 0 Å². The van der Waals surface area contributed by atoms with Crippen LogP contribution >= 0.6 is 0 Å². The normalized spacial score (nSPS) is 10.7. The lowest BCUT2D eigenvalue weighted by atomic mass is 10.1. The molecular formula is C23H27N3O2. The Balaban J connectivity index is 1.44. The van der Waals surface area contributed by atoms with Crippen molar-refractivity contribution in [2.45, 2.75) is 26.7 Å². The molecule has 0 aliphatic heterocycles. The fraction of sp³-hybridized carbons (Fsp3) is 0.304. The van der Waals surface area contributed by atoms with Crippen molar-refractivity contribution >= 4 is 5.91 Å². The molecule has 0 bridgehead atoms. The molecule has 0 saturated heterocycles. The van der Waals surface area contributed by atoms with E-state index in [9.17, 15) is 4.79 Å². The van der Waals surface area contributed by atoms with E-state index in [0.717, 1.165) is 17.0 Å². The number of aryl methyl sites for hydroxylation is 3. The van der Waals surface area contributed by atoms with Crippen LogP contribution in [0, 0.1) is 13.8 Å². The van der Waals surface area contributed by atoms with Gasteiger partial charge in [-0.1, -0.05) is 24.3 Å². The molecule has 0 N–H and O–H groups in total. The van der Waals surface area contributed by atoms with Gasteiger partial charge in [-0.25, -0.2) is 4.68 Å². The molecule has 1 amide bonds. The minimum absolute atomic E-state index is 0.108. The number of likely N-dealkylation sites (N-methyl/N-ethyl adjacent to an activating group) is 1. The minimum atomic E-state index is 0.108. The number of rotatable bonds is 8. The summed E-state index contributed by atoms with van der Waals surface area (Å²) < 4.78 is 7.63. The second-order valence-corrected chi connectivity index (χ2v) is 7.12. The van der Waals surface area contributed by atoms with E-state index >= 15 is 0 Å². The Bertz CT molecular complexity index is 898. The van der Waals surface area contributed by atoms with Gasteiger partial charge in [0, 0.05) is 19.7 Å². The van der Waals surface area contributed by atoms with Crippen molar-refractivity contribution in [3.8, 4) is 11.4 Å². The van der Waals surface area contributed by atoms with Crippen molar-refractivity contribution in [3.05, 3.63) is 77.6 Å². The smallest absolute Gasteiger partial charge is 0.222 e. The molecule has 5 nitrogen and oxygen atoms in total. The highest BCUT2D eigenvalue weighted by Gasteiger charge is 2.10. The Hall–Kier alpha value is -3.08. The summed E-state index contributed by atoms with van der Waals surface area (Å²) in [5.41, 5.74) is 4.42. The second-order valence-electron chi connectivity index (χ2n) is 7.12. The molecule has 3 aromatic rings. The number of carbonyl (C=O) groups is 1. The summed E-state index contributed by atoms with van der Waals surface area (Å²) in [6.07, 6.45) is 4.93. The van der Waals surface area contributed by atoms with Crippen molar-refractivity contribution in [2.75, 3.05) is 20.2 Å². The first-order chi connectivity index (χ1) is 13.5. The molecule has 0 fully saturated rings. The molecule has 0 aliphatic carbocycles. The molecule has 0 aliphatic rings. The number of nitrogens with zero attached hydrogens (tertiary/aromatic N) is 3. The maximum absolute atomic E-state index is 12.4. The lowest BCUT2D eigenvalue weighted by Crippen LogP contribution is -2.31. The molecule has 1 aromatic heterocycles. The summed E-state index contributed by atoms with van der Waals surface area (Å²) >= 11 is 0. The fourth-order valence-electron chi connectivity index (χ4n) is 3.09. The van der Waals surface area contributed by atoms with Crippen molar-refractivity contribution in [1.29, 1.82) is 0 Å². The highest BCUT2D eigenvalue weighted by molar-refractivity contribution is 5.76. The maximum Gasteiger partial charge on any atom is 0.222 e. The van der Waals surface area contributed by atoms with Crippen LogP contribution in [0.25, 0.3) is 5.69 Å². The van der Waals surface area contributed by atoms with Gasteiger partial charge in [-0.3, -0.25) is 4.79 Å². The van der Waals surface area contributed by atoms with Gasteiger partial charge in [0.2, 0.25) is 5.91 Å². The zero-order chi connectivity index (χ0) is 19.9. The van der Waals surface area contributed by atoms with Crippen molar-refractivity contribution in [1.82, 2.24) is 14.7 Å². The van der Waals surface area contributed by atoms with Crippen LogP contribution in [0.1, 0.15) is 23.1 Å². The Labute approximate surface area is 166 Å². The third kappa shape index (κ3) is 5.46. The number of carbonyl (C=O) groups excluding carboxylic acids is 1. The minimum Gasteiger partial charge on any atom is -0.492 e. The third-order valence-corrected chi connectivity index (χ3v) is 4.60. The van der Waals surface area contributed by atoms with E-state index < -0.39 is 0 Å². The average Bonchev–Trinajstić information content (AvgIpc) is 3.15. The number of amides is 1. The van der Waals surface area contributed by atoms with E-state index in [1.54, 1.807) is 4.90 Å². The SMILES string of the molecule is Cc1cc(C)cc(OCCN(C)C(=O)CCc2cnn(-c3ccccc3)c2)c1. The van der Waals surface area contributed by atoms with Crippen LogP contribution < -0.4 is 4.74 Å². The zero-order valence-corrected chi connectivity index (χ0v) is 16.8. The number of aromatic nitrogens is 2. The van der Waals surface area contributed by atoms with E-state index in [-0.39, 0.29) is 5.91 Å².